The van der Waals surface area contributed by atoms with E-state index >= 15 is 0 Å². The van der Waals surface area contributed by atoms with E-state index in [0.29, 0.717) is 39.3 Å². The summed E-state index contributed by atoms with van der Waals surface area (Å²) in [4.78, 5) is 29.0. The number of methoxy groups -OCH3 is 1. The van der Waals surface area contributed by atoms with Gasteiger partial charge in [-0.3, -0.25) is 4.79 Å². The SMILES string of the molecule is COCc1nn2c(=O)cc(COC(=O)c3ccc4c(c3)OCO4)nc2s1. The molecule has 1 aromatic carbocycles. The molecule has 0 saturated carbocycles. The van der Waals surface area contributed by atoms with Crippen LogP contribution in [0.25, 0.3) is 4.96 Å². The van der Waals surface area contributed by atoms with E-state index in [4.69, 9.17) is 18.9 Å². The third kappa shape index (κ3) is 3.11. The first-order valence-electron chi connectivity index (χ1n) is 7.58. The van der Waals surface area contributed by atoms with Crippen molar-refractivity contribution in [2.24, 2.45) is 0 Å². The normalized spacial score (nSPS) is 12.5. The average Bonchev–Trinajstić information content (AvgIpc) is 3.25. The Morgan fingerprint density at radius 2 is 2.12 bits per heavy atom. The third-order valence-corrected chi connectivity index (χ3v) is 4.45. The van der Waals surface area contributed by atoms with Crippen LogP contribution in [0.3, 0.4) is 0 Å². The lowest BCUT2D eigenvalue weighted by molar-refractivity contribution is 0.0467. The van der Waals surface area contributed by atoms with Gasteiger partial charge < -0.3 is 18.9 Å². The van der Waals surface area contributed by atoms with Gasteiger partial charge in [0.05, 0.1) is 17.9 Å². The Morgan fingerprint density at radius 1 is 1.27 bits per heavy atom. The molecular formula is C16H13N3O6S. The number of hydrogen-bond donors (Lipinski definition) is 0. The van der Waals surface area contributed by atoms with Crippen molar-refractivity contribution in [1.29, 1.82) is 0 Å². The van der Waals surface area contributed by atoms with Crippen LogP contribution in [0.5, 0.6) is 11.5 Å². The van der Waals surface area contributed by atoms with Crippen molar-refractivity contribution in [3.8, 4) is 11.5 Å². The molecule has 0 bridgehead atoms. The molecule has 0 aliphatic carbocycles. The second-order valence-electron chi connectivity index (χ2n) is 5.35. The average molecular weight is 375 g/mol. The molecule has 10 heteroatoms. The van der Waals surface area contributed by atoms with Crippen LogP contribution in [0.2, 0.25) is 0 Å². The number of rotatable bonds is 5. The van der Waals surface area contributed by atoms with Crippen molar-refractivity contribution < 1.29 is 23.7 Å². The highest BCUT2D eigenvalue weighted by Crippen LogP contribution is 2.32. The van der Waals surface area contributed by atoms with E-state index in [9.17, 15) is 9.59 Å². The maximum absolute atomic E-state index is 12.2. The summed E-state index contributed by atoms with van der Waals surface area (Å²) in [5.41, 5.74) is 0.326. The van der Waals surface area contributed by atoms with E-state index < -0.39 is 5.97 Å². The van der Waals surface area contributed by atoms with Crippen LogP contribution in [0, 0.1) is 0 Å². The summed E-state index contributed by atoms with van der Waals surface area (Å²) in [7, 11) is 1.54. The number of nitrogens with zero attached hydrogens (tertiary/aromatic N) is 3. The molecule has 0 saturated heterocycles. The summed E-state index contributed by atoms with van der Waals surface area (Å²) in [5, 5.41) is 4.75. The molecule has 3 heterocycles. The van der Waals surface area contributed by atoms with Crippen LogP contribution in [-0.4, -0.2) is 34.5 Å². The molecule has 0 amide bonds. The molecule has 9 nitrogen and oxygen atoms in total. The highest BCUT2D eigenvalue weighted by atomic mass is 32.1. The minimum atomic E-state index is -0.547. The van der Waals surface area contributed by atoms with Gasteiger partial charge in [-0.2, -0.15) is 9.61 Å². The molecule has 0 spiro atoms. The van der Waals surface area contributed by atoms with E-state index in [2.05, 4.69) is 10.1 Å². The number of aromatic nitrogens is 3. The summed E-state index contributed by atoms with van der Waals surface area (Å²) in [6.07, 6.45) is 0. The van der Waals surface area contributed by atoms with Gasteiger partial charge in [-0.05, 0) is 18.2 Å². The zero-order valence-electron chi connectivity index (χ0n) is 13.6. The van der Waals surface area contributed by atoms with Gasteiger partial charge in [0.2, 0.25) is 11.8 Å². The predicted octanol–water partition coefficient (Wildman–Crippen LogP) is 1.38. The quantitative estimate of drug-likeness (QED) is 0.617. The monoisotopic (exact) mass is 375 g/mol. The Bertz CT molecular complexity index is 1040. The van der Waals surface area contributed by atoms with Crippen molar-refractivity contribution in [3.05, 3.63) is 50.9 Å². The molecule has 1 aliphatic heterocycles. The van der Waals surface area contributed by atoms with Gasteiger partial charge >= 0.3 is 5.97 Å². The molecule has 4 rings (SSSR count). The van der Waals surface area contributed by atoms with Gasteiger partial charge in [-0.15, -0.1) is 0 Å². The third-order valence-electron chi connectivity index (χ3n) is 3.57. The van der Waals surface area contributed by atoms with Crippen LogP contribution in [0.4, 0.5) is 0 Å². The highest BCUT2D eigenvalue weighted by Gasteiger charge is 2.17. The van der Waals surface area contributed by atoms with Crippen LogP contribution in [0.15, 0.2) is 29.1 Å². The number of fused-ring (bicyclic) bond motifs is 2. The molecule has 134 valence electrons. The Morgan fingerprint density at radius 3 is 2.96 bits per heavy atom. The summed E-state index contributed by atoms with van der Waals surface area (Å²) in [6, 6.07) is 6.07. The van der Waals surface area contributed by atoms with Crippen molar-refractivity contribution in [2.45, 2.75) is 13.2 Å². The minimum absolute atomic E-state index is 0.127. The number of hydrogen-bond acceptors (Lipinski definition) is 9. The number of carbonyl (C=O) groups is 1. The molecule has 0 atom stereocenters. The first-order valence-corrected chi connectivity index (χ1v) is 8.40. The van der Waals surface area contributed by atoms with Crippen LogP contribution >= 0.6 is 11.3 Å². The first-order chi connectivity index (χ1) is 12.6. The lowest BCUT2D eigenvalue weighted by atomic mass is 10.2. The van der Waals surface area contributed by atoms with E-state index in [1.165, 1.54) is 21.9 Å². The molecule has 1 aliphatic rings. The van der Waals surface area contributed by atoms with Gasteiger partial charge in [0.15, 0.2) is 11.5 Å². The summed E-state index contributed by atoms with van der Waals surface area (Å²) >= 11 is 1.24. The molecule has 26 heavy (non-hydrogen) atoms. The second kappa shape index (κ2) is 6.73. The van der Waals surface area contributed by atoms with E-state index in [-0.39, 0.29) is 19.0 Å². The summed E-state index contributed by atoms with van der Waals surface area (Å²) in [5.74, 6) is 0.529. The van der Waals surface area contributed by atoms with Gasteiger partial charge in [0.1, 0.15) is 11.6 Å². The maximum Gasteiger partial charge on any atom is 0.338 e. The smallest absolute Gasteiger partial charge is 0.338 e. The lowest BCUT2D eigenvalue weighted by Gasteiger charge is -2.05. The Hall–Kier alpha value is -2.98. The first kappa shape index (κ1) is 16.5. The number of ether oxygens (including phenoxy) is 4. The Labute approximate surface area is 150 Å². The van der Waals surface area contributed by atoms with Gasteiger partial charge in [-0.1, -0.05) is 11.3 Å². The van der Waals surface area contributed by atoms with Gasteiger partial charge in [0, 0.05) is 13.2 Å². The van der Waals surface area contributed by atoms with Crippen molar-refractivity contribution in [2.75, 3.05) is 13.9 Å². The zero-order chi connectivity index (χ0) is 18.1. The largest absolute Gasteiger partial charge is 0.456 e. The zero-order valence-corrected chi connectivity index (χ0v) is 14.4. The maximum atomic E-state index is 12.2. The molecule has 0 N–H and O–H groups in total. The van der Waals surface area contributed by atoms with E-state index in [1.807, 2.05) is 0 Å². The standard InChI is InChI=1S/C16H13N3O6S/c1-22-7-13-18-19-14(20)5-10(17-16(19)26-13)6-23-15(21)9-2-3-11-12(4-9)25-8-24-11/h2-5H,6-8H2,1H3. The predicted molar refractivity (Wildman–Crippen MR) is 89.5 cm³/mol. The van der Waals surface area contributed by atoms with Crippen LogP contribution in [0.1, 0.15) is 21.1 Å². The van der Waals surface area contributed by atoms with Crippen LogP contribution < -0.4 is 15.0 Å². The second-order valence-corrected chi connectivity index (χ2v) is 6.39. The summed E-state index contributed by atoms with van der Waals surface area (Å²) in [6.45, 7) is 0.292. The Kier molecular flexibility index (Phi) is 4.27. The number of benzene rings is 1. The minimum Gasteiger partial charge on any atom is -0.456 e. The number of esters is 1. The van der Waals surface area contributed by atoms with Crippen molar-refractivity contribution in [1.82, 2.24) is 14.6 Å². The molecular weight excluding hydrogens is 362 g/mol. The van der Waals surface area contributed by atoms with Gasteiger partial charge in [0.25, 0.3) is 5.56 Å². The topological polar surface area (TPSA) is 101 Å². The molecule has 0 fully saturated rings. The molecule has 0 radical (unpaired) electrons. The van der Waals surface area contributed by atoms with Crippen LogP contribution in [-0.2, 0) is 22.7 Å². The fourth-order valence-electron chi connectivity index (χ4n) is 2.40. The molecule has 0 unspecified atom stereocenters. The summed E-state index contributed by atoms with van der Waals surface area (Å²) < 4.78 is 21.9. The molecule has 3 aromatic rings. The van der Waals surface area contributed by atoms with Gasteiger partial charge in [-0.25, -0.2) is 9.78 Å². The van der Waals surface area contributed by atoms with Crippen molar-refractivity contribution in [3.63, 3.8) is 0 Å². The fraction of sp³-hybridized carbons (Fsp3) is 0.250. The Balaban J connectivity index is 1.50. The highest BCUT2D eigenvalue weighted by molar-refractivity contribution is 7.16. The lowest BCUT2D eigenvalue weighted by Crippen LogP contribution is -2.16. The van der Waals surface area contributed by atoms with Crippen molar-refractivity contribution >= 4 is 22.3 Å². The van der Waals surface area contributed by atoms with E-state index in [1.54, 1.807) is 25.3 Å². The van der Waals surface area contributed by atoms with E-state index in [0.717, 1.165) is 0 Å². The molecule has 2 aromatic heterocycles. The fourth-order valence-corrected chi connectivity index (χ4v) is 3.29. The number of carbonyl (C=O) groups excluding carboxylic acids is 1.